The summed E-state index contributed by atoms with van der Waals surface area (Å²) in [5.74, 6) is 6.23. The Bertz CT molecular complexity index is 364. The topological polar surface area (TPSA) is 53.6 Å². The highest BCUT2D eigenvalue weighted by molar-refractivity contribution is 9.10. The summed E-state index contributed by atoms with van der Waals surface area (Å²) < 4.78 is 1.12. The Morgan fingerprint density at radius 2 is 2.41 bits per heavy atom. The molecule has 0 aliphatic heterocycles. The van der Waals surface area contributed by atoms with E-state index in [4.69, 9.17) is 5.84 Å². The normalized spacial score (nSPS) is 11.6. The quantitative estimate of drug-likeness (QED) is 0.288. The van der Waals surface area contributed by atoms with Gasteiger partial charge in [0, 0.05) is 28.3 Å². The van der Waals surface area contributed by atoms with Crippen molar-refractivity contribution < 1.29 is 0 Å². The molecule has 0 bridgehead atoms. The Kier molecular flexibility index (Phi) is 6.54. The average Bonchev–Trinajstić information content (AvgIpc) is 2.70. The monoisotopic (exact) mass is 318 g/mol. The summed E-state index contributed by atoms with van der Waals surface area (Å²) in [6.07, 6.45) is 2.23. The molecule has 96 valence electrons. The van der Waals surface area contributed by atoms with Crippen LogP contribution in [-0.4, -0.2) is 24.5 Å². The lowest BCUT2D eigenvalue weighted by atomic mass is 10.3. The molecule has 0 radical (unpaired) electrons. The minimum atomic E-state index is 0.739. The van der Waals surface area contributed by atoms with Gasteiger partial charge in [-0.3, -0.25) is 10.4 Å². The number of nitrogens with two attached hydrogens (primary N) is 1. The van der Waals surface area contributed by atoms with Crippen LogP contribution in [0.3, 0.4) is 0 Å². The van der Waals surface area contributed by atoms with Crippen LogP contribution < -0.4 is 11.3 Å². The van der Waals surface area contributed by atoms with Crippen molar-refractivity contribution >= 4 is 33.2 Å². The highest BCUT2D eigenvalue weighted by atomic mass is 79.9. The molecule has 0 amide bonds. The van der Waals surface area contributed by atoms with Gasteiger partial charge in [0.15, 0.2) is 0 Å². The van der Waals surface area contributed by atoms with Gasteiger partial charge in [0.2, 0.25) is 5.96 Å². The summed E-state index contributed by atoms with van der Waals surface area (Å²) in [5, 5.41) is 2.08. The molecule has 0 aliphatic rings. The van der Waals surface area contributed by atoms with Crippen LogP contribution in [0.25, 0.3) is 0 Å². The van der Waals surface area contributed by atoms with E-state index in [2.05, 4.69) is 44.7 Å². The molecule has 0 atom stereocenters. The Labute approximate surface area is 115 Å². The van der Waals surface area contributed by atoms with Gasteiger partial charge in [-0.1, -0.05) is 13.3 Å². The van der Waals surface area contributed by atoms with E-state index < -0.39 is 0 Å². The molecule has 0 fully saturated rings. The summed E-state index contributed by atoms with van der Waals surface area (Å²) in [6, 6.07) is 2.11. The molecule has 3 N–H and O–H groups in total. The second-order valence-electron chi connectivity index (χ2n) is 3.79. The number of hydrogen-bond acceptors (Lipinski definition) is 3. The van der Waals surface area contributed by atoms with Crippen molar-refractivity contribution in [1.29, 1.82) is 0 Å². The zero-order valence-electron chi connectivity index (χ0n) is 10.2. The van der Waals surface area contributed by atoms with Gasteiger partial charge in [-0.05, 0) is 28.4 Å². The van der Waals surface area contributed by atoms with Crippen LogP contribution in [0.1, 0.15) is 24.6 Å². The summed E-state index contributed by atoms with van der Waals surface area (Å²) in [4.78, 5) is 7.73. The molecule has 0 unspecified atom stereocenters. The van der Waals surface area contributed by atoms with Crippen molar-refractivity contribution in [3.05, 3.63) is 20.8 Å². The number of halogens is 1. The minimum absolute atomic E-state index is 0.739. The van der Waals surface area contributed by atoms with E-state index in [1.54, 1.807) is 11.3 Å². The standard InChI is InChI=1S/C11H19BrN4S/c1-3-4-5-14-11(15-13)16(2)7-10-6-9(12)8-17-10/h6,8H,3-5,7,13H2,1-2H3,(H,14,15). The predicted molar refractivity (Wildman–Crippen MR) is 78.0 cm³/mol. The third kappa shape index (κ3) is 5.06. The zero-order valence-corrected chi connectivity index (χ0v) is 12.6. The third-order valence-corrected chi connectivity index (χ3v) is 3.96. The first-order chi connectivity index (χ1) is 8.17. The molecule has 17 heavy (non-hydrogen) atoms. The van der Waals surface area contributed by atoms with Crippen LogP contribution in [0, 0.1) is 0 Å². The van der Waals surface area contributed by atoms with Crippen molar-refractivity contribution in [3.8, 4) is 0 Å². The fourth-order valence-corrected chi connectivity index (χ4v) is 2.87. The smallest absolute Gasteiger partial charge is 0.208 e. The van der Waals surface area contributed by atoms with Gasteiger partial charge < -0.3 is 4.90 Å². The van der Waals surface area contributed by atoms with Crippen molar-refractivity contribution in [2.75, 3.05) is 13.6 Å². The van der Waals surface area contributed by atoms with Crippen LogP contribution in [0.4, 0.5) is 0 Å². The lowest BCUT2D eigenvalue weighted by Crippen LogP contribution is -2.42. The number of rotatable bonds is 5. The van der Waals surface area contributed by atoms with Gasteiger partial charge in [0.05, 0.1) is 6.54 Å². The molecular weight excluding hydrogens is 300 g/mol. The molecule has 1 aromatic heterocycles. The first kappa shape index (κ1) is 14.5. The maximum atomic E-state index is 5.49. The average molecular weight is 319 g/mol. The molecule has 1 aromatic rings. The van der Waals surface area contributed by atoms with Gasteiger partial charge in [-0.15, -0.1) is 11.3 Å². The van der Waals surface area contributed by atoms with Crippen LogP contribution in [0.5, 0.6) is 0 Å². The molecular formula is C11H19BrN4S. The number of aliphatic imine (C=N–C) groups is 1. The lowest BCUT2D eigenvalue weighted by Gasteiger charge is -2.19. The maximum Gasteiger partial charge on any atom is 0.208 e. The van der Waals surface area contributed by atoms with E-state index in [1.165, 1.54) is 4.88 Å². The summed E-state index contributed by atoms with van der Waals surface area (Å²) in [5.41, 5.74) is 2.66. The number of unbranched alkanes of at least 4 members (excludes halogenated alkanes) is 1. The van der Waals surface area contributed by atoms with E-state index >= 15 is 0 Å². The minimum Gasteiger partial charge on any atom is -0.340 e. The molecule has 0 aliphatic carbocycles. The molecule has 0 saturated carbocycles. The number of hydrogen-bond donors (Lipinski definition) is 2. The number of thiophene rings is 1. The number of nitrogens with one attached hydrogen (secondary N) is 1. The molecule has 0 aromatic carbocycles. The largest absolute Gasteiger partial charge is 0.340 e. The predicted octanol–water partition coefficient (Wildman–Crippen LogP) is 2.56. The third-order valence-electron chi connectivity index (χ3n) is 2.28. The van der Waals surface area contributed by atoms with E-state index in [0.29, 0.717) is 0 Å². The second kappa shape index (κ2) is 7.68. The molecule has 1 heterocycles. The van der Waals surface area contributed by atoms with Crippen molar-refractivity contribution in [1.82, 2.24) is 10.3 Å². The fraction of sp³-hybridized carbons (Fsp3) is 0.545. The van der Waals surface area contributed by atoms with Gasteiger partial charge in [-0.2, -0.15) is 0 Å². The SMILES string of the molecule is CCCCN=C(NN)N(C)Cc1cc(Br)cs1. The summed E-state index contributed by atoms with van der Waals surface area (Å²) in [6.45, 7) is 3.78. The highest BCUT2D eigenvalue weighted by Crippen LogP contribution is 2.20. The molecule has 0 saturated heterocycles. The van der Waals surface area contributed by atoms with Gasteiger partial charge in [0.1, 0.15) is 0 Å². The van der Waals surface area contributed by atoms with E-state index in [9.17, 15) is 0 Å². The first-order valence-electron chi connectivity index (χ1n) is 5.62. The van der Waals surface area contributed by atoms with Crippen LogP contribution in [-0.2, 0) is 6.54 Å². The van der Waals surface area contributed by atoms with Crippen LogP contribution >= 0.6 is 27.3 Å². The fourth-order valence-electron chi connectivity index (χ4n) is 1.36. The Morgan fingerprint density at radius 3 is 2.94 bits per heavy atom. The summed E-state index contributed by atoms with van der Waals surface area (Å²) >= 11 is 5.17. The lowest BCUT2D eigenvalue weighted by molar-refractivity contribution is 0.481. The maximum absolute atomic E-state index is 5.49. The zero-order chi connectivity index (χ0) is 12.7. The van der Waals surface area contributed by atoms with Gasteiger partial charge in [-0.25, -0.2) is 5.84 Å². The Morgan fingerprint density at radius 1 is 1.65 bits per heavy atom. The second-order valence-corrected chi connectivity index (χ2v) is 5.70. The molecule has 1 rings (SSSR count). The van der Waals surface area contributed by atoms with Crippen molar-refractivity contribution in [3.63, 3.8) is 0 Å². The van der Waals surface area contributed by atoms with Gasteiger partial charge in [0.25, 0.3) is 0 Å². The van der Waals surface area contributed by atoms with Crippen LogP contribution in [0.2, 0.25) is 0 Å². The van der Waals surface area contributed by atoms with Crippen molar-refractivity contribution in [2.45, 2.75) is 26.3 Å². The Hall–Kier alpha value is -0.590. The Balaban J connectivity index is 2.54. The first-order valence-corrected chi connectivity index (χ1v) is 7.29. The number of guanidine groups is 1. The van der Waals surface area contributed by atoms with Crippen LogP contribution in [0.15, 0.2) is 20.9 Å². The summed E-state index contributed by atoms with van der Waals surface area (Å²) in [7, 11) is 1.98. The van der Waals surface area contributed by atoms with Gasteiger partial charge >= 0.3 is 0 Å². The molecule has 0 spiro atoms. The number of hydrazine groups is 1. The number of nitrogens with zero attached hydrogens (tertiary/aromatic N) is 2. The van der Waals surface area contributed by atoms with Crippen molar-refractivity contribution in [2.24, 2.45) is 10.8 Å². The van der Waals surface area contributed by atoms with E-state index in [0.717, 1.165) is 36.4 Å². The van der Waals surface area contributed by atoms with E-state index in [-0.39, 0.29) is 0 Å². The highest BCUT2D eigenvalue weighted by Gasteiger charge is 2.07. The molecule has 6 heteroatoms. The van der Waals surface area contributed by atoms with E-state index in [1.807, 2.05) is 11.9 Å². The molecule has 4 nitrogen and oxygen atoms in total.